The van der Waals surface area contributed by atoms with Crippen LogP contribution < -0.4 is 20.1 Å². The van der Waals surface area contributed by atoms with Crippen LogP contribution in [0.25, 0.3) is 22.4 Å². The Morgan fingerprint density at radius 1 is 1.07 bits per heavy atom. The van der Waals surface area contributed by atoms with E-state index in [-0.39, 0.29) is 18.4 Å². The fourth-order valence-electron chi connectivity index (χ4n) is 3.14. The molecule has 0 fully saturated rings. The predicted molar refractivity (Wildman–Crippen MR) is 115 cm³/mol. The minimum atomic E-state index is -0.0941. The van der Waals surface area contributed by atoms with E-state index in [1.165, 1.54) is 13.0 Å². The smallest absolute Gasteiger partial charge is 0.231 e. The molecule has 0 radical (unpaired) electrons. The fraction of sp³-hybridized carbons (Fsp3) is 0.182. The van der Waals surface area contributed by atoms with Crippen LogP contribution in [0, 0.1) is 0 Å². The average Bonchev–Trinajstić information content (AvgIpc) is 3.20. The second kappa shape index (κ2) is 8.51. The molecular formula is C22H20ClN3O4. The molecule has 0 spiro atoms. The Balaban J connectivity index is 1.72. The van der Waals surface area contributed by atoms with Crippen LogP contribution in [-0.4, -0.2) is 35.9 Å². The van der Waals surface area contributed by atoms with Crippen molar-refractivity contribution in [2.45, 2.75) is 6.92 Å². The standard InChI is InChI=1S/C22H20ClN3O4/c1-13(27)24-6-7-25-22-10-15(14-2-5-20-21(9-14)30-12-29-20)8-18(26-22)17-11-16(23)3-4-19(17)28/h2-5,8-11,28H,6-7,12H2,1H3,(H,24,27)(H,25,26). The highest BCUT2D eigenvalue weighted by Crippen LogP contribution is 2.38. The van der Waals surface area contributed by atoms with E-state index in [0.717, 1.165) is 11.1 Å². The number of phenolic OH excluding ortho intramolecular Hbond substituents is 1. The molecule has 0 aliphatic carbocycles. The molecule has 8 heteroatoms. The molecule has 1 aromatic heterocycles. The van der Waals surface area contributed by atoms with Gasteiger partial charge in [0.2, 0.25) is 12.7 Å². The highest BCUT2D eigenvalue weighted by atomic mass is 35.5. The number of amides is 1. The molecule has 0 saturated carbocycles. The first-order chi connectivity index (χ1) is 14.5. The molecule has 2 heterocycles. The van der Waals surface area contributed by atoms with Gasteiger partial charge in [0.05, 0.1) is 5.69 Å². The number of aromatic nitrogens is 1. The number of carbonyl (C=O) groups is 1. The molecule has 3 N–H and O–H groups in total. The number of nitrogens with one attached hydrogen (secondary N) is 2. The normalized spacial score (nSPS) is 11.9. The van der Waals surface area contributed by atoms with Gasteiger partial charge in [-0.3, -0.25) is 4.79 Å². The zero-order chi connectivity index (χ0) is 21.1. The number of hydrogen-bond acceptors (Lipinski definition) is 6. The molecule has 4 rings (SSSR count). The van der Waals surface area contributed by atoms with Crippen molar-refractivity contribution in [3.63, 3.8) is 0 Å². The molecule has 3 aromatic rings. The minimum Gasteiger partial charge on any atom is -0.507 e. The SMILES string of the molecule is CC(=O)NCCNc1cc(-c2ccc3c(c2)OCO3)cc(-c2cc(Cl)ccc2O)n1. The summed E-state index contributed by atoms with van der Waals surface area (Å²) in [5.41, 5.74) is 2.87. The van der Waals surface area contributed by atoms with Crippen LogP contribution in [0.4, 0.5) is 5.82 Å². The van der Waals surface area contributed by atoms with Crippen molar-refractivity contribution in [1.82, 2.24) is 10.3 Å². The Kier molecular flexibility index (Phi) is 5.63. The lowest BCUT2D eigenvalue weighted by molar-refractivity contribution is -0.118. The monoisotopic (exact) mass is 425 g/mol. The number of halogens is 1. The third kappa shape index (κ3) is 4.41. The molecule has 7 nitrogen and oxygen atoms in total. The second-order valence-electron chi connectivity index (χ2n) is 6.77. The van der Waals surface area contributed by atoms with Crippen molar-refractivity contribution in [2.24, 2.45) is 0 Å². The molecule has 0 unspecified atom stereocenters. The van der Waals surface area contributed by atoms with Crippen LogP contribution in [-0.2, 0) is 4.79 Å². The molecule has 1 aliphatic rings. The number of carbonyl (C=O) groups excluding carboxylic acids is 1. The first-order valence-corrected chi connectivity index (χ1v) is 9.77. The predicted octanol–water partition coefficient (Wildman–Crippen LogP) is 4.05. The van der Waals surface area contributed by atoms with Gasteiger partial charge in [-0.05, 0) is 53.6 Å². The van der Waals surface area contributed by atoms with E-state index in [1.807, 2.05) is 30.3 Å². The van der Waals surface area contributed by atoms with Gasteiger partial charge >= 0.3 is 0 Å². The molecule has 0 atom stereocenters. The zero-order valence-corrected chi connectivity index (χ0v) is 17.0. The van der Waals surface area contributed by atoms with E-state index < -0.39 is 0 Å². The van der Waals surface area contributed by atoms with E-state index in [9.17, 15) is 9.90 Å². The summed E-state index contributed by atoms with van der Waals surface area (Å²) in [6.45, 7) is 2.63. The maximum Gasteiger partial charge on any atom is 0.231 e. The Morgan fingerprint density at radius 3 is 2.73 bits per heavy atom. The number of pyridine rings is 1. The first kappa shape index (κ1) is 19.8. The summed E-state index contributed by atoms with van der Waals surface area (Å²) in [4.78, 5) is 15.7. The van der Waals surface area contributed by atoms with Crippen molar-refractivity contribution in [3.8, 4) is 39.6 Å². The molecule has 1 aliphatic heterocycles. The number of phenols is 1. The van der Waals surface area contributed by atoms with Crippen molar-refractivity contribution in [2.75, 3.05) is 25.2 Å². The van der Waals surface area contributed by atoms with Gasteiger partial charge in [-0.15, -0.1) is 0 Å². The van der Waals surface area contributed by atoms with E-state index in [0.29, 0.717) is 46.7 Å². The molecular weight excluding hydrogens is 406 g/mol. The first-order valence-electron chi connectivity index (χ1n) is 9.39. The summed E-state index contributed by atoms with van der Waals surface area (Å²) < 4.78 is 10.9. The fourth-order valence-corrected chi connectivity index (χ4v) is 3.32. The van der Waals surface area contributed by atoms with E-state index in [4.69, 9.17) is 21.1 Å². The van der Waals surface area contributed by atoms with Crippen molar-refractivity contribution in [3.05, 3.63) is 53.6 Å². The van der Waals surface area contributed by atoms with E-state index in [2.05, 4.69) is 15.6 Å². The van der Waals surface area contributed by atoms with Gasteiger partial charge in [-0.2, -0.15) is 0 Å². The number of aromatic hydroxyl groups is 1. The number of ether oxygens (including phenoxy) is 2. The second-order valence-corrected chi connectivity index (χ2v) is 7.20. The van der Waals surface area contributed by atoms with Crippen LogP contribution in [0.3, 0.4) is 0 Å². The number of fused-ring (bicyclic) bond motifs is 1. The van der Waals surface area contributed by atoms with E-state index >= 15 is 0 Å². The molecule has 1 amide bonds. The summed E-state index contributed by atoms with van der Waals surface area (Å²) in [6.07, 6.45) is 0. The molecule has 0 bridgehead atoms. The average molecular weight is 426 g/mol. The van der Waals surface area contributed by atoms with Crippen molar-refractivity contribution in [1.29, 1.82) is 0 Å². The van der Waals surface area contributed by atoms with Crippen LogP contribution >= 0.6 is 11.6 Å². The Hall–Kier alpha value is -3.45. The molecule has 0 saturated heterocycles. The van der Waals surface area contributed by atoms with Gasteiger partial charge in [-0.1, -0.05) is 17.7 Å². The summed E-state index contributed by atoms with van der Waals surface area (Å²) in [7, 11) is 0. The third-order valence-corrected chi connectivity index (χ3v) is 4.81. The van der Waals surface area contributed by atoms with Crippen molar-refractivity contribution >= 4 is 23.3 Å². The third-order valence-electron chi connectivity index (χ3n) is 4.57. The van der Waals surface area contributed by atoms with Gasteiger partial charge in [0.25, 0.3) is 0 Å². The van der Waals surface area contributed by atoms with Gasteiger partial charge in [0.15, 0.2) is 11.5 Å². The Labute approximate surface area is 178 Å². The van der Waals surface area contributed by atoms with Gasteiger partial charge < -0.3 is 25.2 Å². The Morgan fingerprint density at radius 2 is 1.90 bits per heavy atom. The van der Waals surface area contributed by atoms with Crippen LogP contribution in [0.2, 0.25) is 5.02 Å². The molecule has 2 aromatic carbocycles. The van der Waals surface area contributed by atoms with Gasteiger partial charge in [0, 0.05) is 30.6 Å². The van der Waals surface area contributed by atoms with Crippen LogP contribution in [0.1, 0.15) is 6.92 Å². The van der Waals surface area contributed by atoms with Crippen LogP contribution in [0.15, 0.2) is 48.5 Å². The quantitative estimate of drug-likeness (QED) is 0.516. The lowest BCUT2D eigenvalue weighted by Crippen LogP contribution is -2.26. The summed E-state index contributed by atoms with van der Waals surface area (Å²) in [5, 5.41) is 16.8. The number of benzene rings is 2. The van der Waals surface area contributed by atoms with E-state index in [1.54, 1.807) is 12.1 Å². The lowest BCUT2D eigenvalue weighted by atomic mass is 10.0. The zero-order valence-electron chi connectivity index (χ0n) is 16.2. The summed E-state index contributed by atoms with van der Waals surface area (Å²) >= 11 is 6.13. The van der Waals surface area contributed by atoms with Crippen LogP contribution in [0.5, 0.6) is 17.2 Å². The maximum absolute atomic E-state index is 11.1. The largest absolute Gasteiger partial charge is 0.507 e. The van der Waals surface area contributed by atoms with Gasteiger partial charge in [-0.25, -0.2) is 4.98 Å². The Bertz CT molecular complexity index is 1100. The number of rotatable bonds is 6. The van der Waals surface area contributed by atoms with Gasteiger partial charge in [0.1, 0.15) is 11.6 Å². The number of anilines is 1. The molecule has 30 heavy (non-hydrogen) atoms. The number of nitrogens with zero attached hydrogens (tertiary/aromatic N) is 1. The molecule has 154 valence electrons. The maximum atomic E-state index is 11.1. The lowest BCUT2D eigenvalue weighted by Gasteiger charge is -2.13. The highest BCUT2D eigenvalue weighted by Gasteiger charge is 2.16. The summed E-state index contributed by atoms with van der Waals surface area (Å²) in [5.74, 6) is 1.97. The topological polar surface area (TPSA) is 92.7 Å². The highest BCUT2D eigenvalue weighted by molar-refractivity contribution is 6.31. The number of hydrogen-bond donors (Lipinski definition) is 3. The summed E-state index contributed by atoms with van der Waals surface area (Å²) in [6, 6.07) is 14.3. The minimum absolute atomic E-state index is 0.0823. The van der Waals surface area contributed by atoms with Crippen molar-refractivity contribution < 1.29 is 19.4 Å².